The third-order valence-electron chi connectivity index (χ3n) is 3.25. The maximum Gasteiger partial charge on any atom is 0.124 e. The van der Waals surface area contributed by atoms with E-state index in [0.29, 0.717) is 6.42 Å². The Kier molecular flexibility index (Phi) is 4.85. The summed E-state index contributed by atoms with van der Waals surface area (Å²) in [7, 11) is 1.67. The summed E-state index contributed by atoms with van der Waals surface area (Å²) in [6, 6.07) is 12.3. The van der Waals surface area contributed by atoms with Crippen molar-refractivity contribution < 1.29 is 9.53 Å². The molecule has 0 heterocycles. The minimum absolute atomic E-state index is 0.491. The maximum absolute atomic E-state index is 10.7. The molecule has 0 radical (unpaired) electrons. The molecule has 0 aromatic heterocycles. The highest BCUT2D eigenvalue weighted by molar-refractivity contribution is 7.99. The first-order valence-corrected chi connectivity index (χ1v) is 7.31. The van der Waals surface area contributed by atoms with Gasteiger partial charge in [0.2, 0.25) is 0 Å². The molecule has 0 fully saturated rings. The molecule has 0 aliphatic heterocycles. The van der Waals surface area contributed by atoms with Gasteiger partial charge in [-0.25, -0.2) is 0 Å². The number of ether oxygens (including phenoxy) is 1. The zero-order chi connectivity index (χ0) is 14.5. The van der Waals surface area contributed by atoms with Gasteiger partial charge in [0.15, 0.2) is 0 Å². The van der Waals surface area contributed by atoms with Crippen molar-refractivity contribution in [2.45, 2.75) is 30.1 Å². The molecule has 0 spiro atoms. The number of hydrogen-bond acceptors (Lipinski definition) is 3. The molecular formula is C17H18O2S. The van der Waals surface area contributed by atoms with Crippen LogP contribution in [0, 0.1) is 13.8 Å². The molecule has 0 atom stereocenters. The van der Waals surface area contributed by atoms with Crippen molar-refractivity contribution in [3.8, 4) is 5.75 Å². The molecular weight excluding hydrogens is 268 g/mol. The summed E-state index contributed by atoms with van der Waals surface area (Å²) in [5.41, 5.74) is 3.49. The van der Waals surface area contributed by atoms with Crippen molar-refractivity contribution in [3.63, 3.8) is 0 Å². The fourth-order valence-corrected chi connectivity index (χ4v) is 3.21. The molecule has 0 unspecified atom stereocenters. The number of aryl methyl sites for hydroxylation is 2. The molecule has 2 rings (SSSR count). The highest BCUT2D eigenvalue weighted by Gasteiger charge is 2.06. The molecule has 104 valence electrons. The van der Waals surface area contributed by atoms with Crippen LogP contribution in [0.25, 0.3) is 0 Å². The molecule has 0 amide bonds. The number of methoxy groups -OCH3 is 1. The highest BCUT2D eigenvalue weighted by Crippen LogP contribution is 2.31. The van der Waals surface area contributed by atoms with Crippen LogP contribution in [-0.2, 0) is 11.2 Å². The fourth-order valence-electron chi connectivity index (χ4n) is 2.20. The van der Waals surface area contributed by atoms with Gasteiger partial charge in [-0.2, -0.15) is 0 Å². The lowest BCUT2D eigenvalue weighted by Crippen LogP contribution is -1.95. The van der Waals surface area contributed by atoms with E-state index in [1.54, 1.807) is 18.9 Å². The first-order chi connectivity index (χ1) is 9.63. The molecule has 2 aromatic carbocycles. The van der Waals surface area contributed by atoms with E-state index in [2.05, 4.69) is 26.0 Å². The van der Waals surface area contributed by atoms with Crippen LogP contribution in [0.2, 0.25) is 0 Å². The molecule has 0 saturated carbocycles. The Labute approximate surface area is 124 Å². The van der Waals surface area contributed by atoms with E-state index in [0.717, 1.165) is 17.6 Å². The van der Waals surface area contributed by atoms with Crippen molar-refractivity contribution >= 4 is 18.0 Å². The van der Waals surface area contributed by atoms with Gasteiger partial charge in [0.25, 0.3) is 0 Å². The van der Waals surface area contributed by atoms with E-state index in [1.807, 2.05) is 24.3 Å². The molecule has 0 bridgehead atoms. The van der Waals surface area contributed by atoms with Gasteiger partial charge in [0, 0.05) is 16.2 Å². The molecule has 0 saturated heterocycles. The zero-order valence-corrected chi connectivity index (χ0v) is 12.8. The normalized spacial score (nSPS) is 10.3. The van der Waals surface area contributed by atoms with Gasteiger partial charge in [-0.1, -0.05) is 11.8 Å². The lowest BCUT2D eigenvalue weighted by molar-refractivity contribution is -0.107. The Morgan fingerprint density at radius 3 is 2.15 bits per heavy atom. The Morgan fingerprint density at radius 2 is 1.65 bits per heavy atom. The van der Waals surface area contributed by atoms with Gasteiger partial charge in [-0.05, 0) is 66.9 Å². The summed E-state index contributed by atoms with van der Waals surface area (Å²) in [6.07, 6.45) is 1.46. The highest BCUT2D eigenvalue weighted by atomic mass is 32.2. The smallest absolute Gasteiger partial charge is 0.124 e. The van der Waals surface area contributed by atoms with E-state index in [1.165, 1.54) is 20.9 Å². The third kappa shape index (κ3) is 3.42. The number of carbonyl (C=O) groups excluding carboxylic acids is 1. The summed E-state index contributed by atoms with van der Waals surface area (Å²) < 4.78 is 5.16. The predicted octanol–water partition coefficient (Wildman–Crippen LogP) is 4.20. The summed E-state index contributed by atoms with van der Waals surface area (Å²) in [5.74, 6) is 0.864. The van der Waals surface area contributed by atoms with Crippen molar-refractivity contribution in [1.82, 2.24) is 0 Å². The minimum atomic E-state index is 0.491. The van der Waals surface area contributed by atoms with Gasteiger partial charge in [0.05, 0.1) is 7.11 Å². The number of rotatable bonds is 5. The fraction of sp³-hybridized carbons (Fsp3) is 0.235. The first kappa shape index (κ1) is 14.7. The van der Waals surface area contributed by atoms with E-state index in [9.17, 15) is 4.79 Å². The summed E-state index contributed by atoms with van der Waals surface area (Å²) in [4.78, 5) is 13.1. The Bertz CT molecular complexity index is 580. The topological polar surface area (TPSA) is 26.3 Å². The summed E-state index contributed by atoms with van der Waals surface area (Å²) in [5, 5.41) is 0. The Balaban J connectivity index is 2.22. The Hall–Kier alpha value is -1.74. The zero-order valence-electron chi connectivity index (χ0n) is 12.0. The van der Waals surface area contributed by atoms with Crippen molar-refractivity contribution in [2.75, 3.05) is 7.11 Å². The molecule has 2 aromatic rings. The lowest BCUT2D eigenvalue weighted by Gasteiger charge is -2.10. The van der Waals surface area contributed by atoms with Crippen LogP contribution < -0.4 is 4.74 Å². The number of hydrogen-bond donors (Lipinski definition) is 0. The van der Waals surface area contributed by atoms with Crippen LogP contribution in [0.4, 0.5) is 0 Å². The van der Waals surface area contributed by atoms with Crippen LogP contribution >= 0.6 is 11.8 Å². The van der Waals surface area contributed by atoms with Crippen LogP contribution in [0.3, 0.4) is 0 Å². The molecule has 0 N–H and O–H groups in total. The van der Waals surface area contributed by atoms with Gasteiger partial charge < -0.3 is 9.53 Å². The summed E-state index contributed by atoms with van der Waals surface area (Å²) >= 11 is 1.72. The SMILES string of the molecule is COc1ccc(Sc2cc(C)c(CC=O)c(C)c2)cc1. The quantitative estimate of drug-likeness (QED) is 0.770. The van der Waals surface area contributed by atoms with E-state index < -0.39 is 0 Å². The van der Waals surface area contributed by atoms with Gasteiger partial charge >= 0.3 is 0 Å². The van der Waals surface area contributed by atoms with Gasteiger partial charge in [-0.3, -0.25) is 0 Å². The second-order valence-corrected chi connectivity index (χ2v) is 5.83. The number of carbonyl (C=O) groups is 1. The second-order valence-electron chi connectivity index (χ2n) is 4.68. The van der Waals surface area contributed by atoms with Gasteiger partial charge in [0.1, 0.15) is 12.0 Å². The average molecular weight is 286 g/mol. The van der Waals surface area contributed by atoms with Crippen molar-refractivity contribution in [3.05, 3.63) is 53.1 Å². The molecule has 0 aliphatic rings. The maximum atomic E-state index is 10.7. The van der Waals surface area contributed by atoms with Crippen molar-refractivity contribution in [2.24, 2.45) is 0 Å². The minimum Gasteiger partial charge on any atom is -0.497 e. The predicted molar refractivity (Wildman–Crippen MR) is 82.8 cm³/mol. The van der Waals surface area contributed by atoms with E-state index >= 15 is 0 Å². The number of benzene rings is 2. The largest absolute Gasteiger partial charge is 0.497 e. The standard InChI is InChI=1S/C17H18O2S/c1-12-10-16(11-13(2)17(12)8-9-18)20-15-6-4-14(19-3)5-7-15/h4-7,9-11H,8H2,1-3H3. The first-order valence-electron chi connectivity index (χ1n) is 6.49. The van der Waals surface area contributed by atoms with Crippen molar-refractivity contribution in [1.29, 1.82) is 0 Å². The molecule has 3 heteroatoms. The van der Waals surface area contributed by atoms with E-state index in [-0.39, 0.29) is 0 Å². The monoisotopic (exact) mass is 286 g/mol. The Morgan fingerprint density at radius 1 is 1.05 bits per heavy atom. The molecule has 20 heavy (non-hydrogen) atoms. The lowest BCUT2D eigenvalue weighted by atomic mass is 10.0. The van der Waals surface area contributed by atoms with Crippen LogP contribution in [0.1, 0.15) is 16.7 Å². The summed E-state index contributed by atoms with van der Waals surface area (Å²) in [6.45, 7) is 4.12. The van der Waals surface area contributed by atoms with Crippen LogP contribution in [-0.4, -0.2) is 13.4 Å². The number of aldehydes is 1. The second kappa shape index (κ2) is 6.62. The van der Waals surface area contributed by atoms with E-state index in [4.69, 9.17) is 4.74 Å². The average Bonchev–Trinajstić information content (AvgIpc) is 2.44. The molecule has 0 aliphatic carbocycles. The third-order valence-corrected chi connectivity index (χ3v) is 4.23. The van der Waals surface area contributed by atoms with Crippen LogP contribution in [0.5, 0.6) is 5.75 Å². The molecule has 2 nitrogen and oxygen atoms in total. The van der Waals surface area contributed by atoms with Crippen LogP contribution in [0.15, 0.2) is 46.2 Å². The van der Waals surface area contributed by atoms with Gasteiger partial charge in [-0.15, -0.1) is 0 Å².